The number of amides is 1. The molecule has 0 aliphatic carbocycles. The number of methoxy groups -OCH3 is 1. The molecule has 0 aliphatic heterocycles. The van der Waals surface area contributed by atoms with Crippen molar-refractivity contribution in [3.05, 3.63) is 53.6 Å². The van der Waals surface area contributed by atoms with Gasteiger partial charge in [-0.1, -0.05) is 30.7 Å². The Balaban J connectivity index is 1.84. The van der Waals surface area contributed by atoms with Crippen LogP contribution in [-0.4, -0.2) is 31.8 Å². The molecule has 0 radical (unpaired) electrons. The molecule has 2 rings (SSSR count). The number of nitrogens with one attached hydrogen (secondary N) is 1. The van der Waals surface area contributed by atoms with Crippen LogP contribution in [0.3, 0.4) is 0 Å². The molecule has 2 aromatic carbocycles. The van der Waals surface area contributed by atoms with Crippen molar-refractivity contribution in [1.29, 1.82) is 0 Å². The van der Waals surface area contributed by atoms with Crippen molar-refractivity contribution in [3.63, 3.8) is 0 Å². The first-order valence-corrected chi connectivity index (χ1v) is 8.89. The number of para-hydroxylation sites is 1. The molecule has 0 heterocycles. The Morgan fingerprint density at radius 1 is 1.12 bits per heavy atom. The van der Waals surface area contributed by atoms with Gasteiger partial charge in [0.05, 0.1) is 18.2 Å². The second kappa shape index (κ2) is 9.92. The average molecular weight is 378 g/mol. The van der Waals surface area contributed by atoms with E-state index in [0.717, 1.165) is 5.75 Å². The van der Waals surface area contributed by atoms with E-state index in [1.807, 2.05) is 50.2 Å². The minimum Gasteiger partial charge on any atom is -0.497 e. The fraction of sp³-hybridized carbons (Fsp3) is 0.350. The van der Waals surface area contributed by atoms with Crippen LogP contribution in [0.2, 0.25) is 5.02 Å². The normalized spacial score (nSPS) is 12.8. The molecule has 5 nitrogen and oxygen atoms in total. The van der Waals surface area contributed by atoms with Crippen molar-refractivity contribution in [3.8, 4) is 17.2 Å². The Labute approximate surface area is 159 Å². The van der Waals surface area contributed by atoms with Gasteiger partial charge in [-0.25, -0.2) is 0 Å². The Kier molecular flexibility index (Phi) is 7.60. The molecule has 0 saturated heterocycles. The van der Waals surface area contributed by atoms with Crippen molar-refractivity contribution in [2.45, 2.75) is 32.4 Å². The number of carbonyl (C=O) groups excluding carboxylic acids is 1. The Morgan fingerprint density at radius 3 is 2.38 bits per heavy atom. The highest BCUT2D eigenvalue weighted by atomic mass is 35.5. The van der Waals surface area contributed by atoms with Crippen LogP contribution >= 0.6 is 11.6 Å². The average Bonchev–Trinajstić information content (AvgIpc) is 2.66. The van der Waals surface area contributed by atoms with Crippen LogP contribution in [-0.2, 0) is 4.79 Å². The van der Waals surface area contributed by atoms with Crippen molar-refractivity contribution < 1.29 is 19.0 Å². The van der Waals surface area contributed by atoms with Gasteiger partial charge in [-0.05, 0) is 49.7 Å². The zero-order valence-corrected chi connectivity index (χ0v) is 16.0. The summed E-state index contributed by atoms with van der Waals surface area (Å²) in [6.07, 6.45) is -0.0818. The van der Waals surface area contributed by atoms with Crippen molar-refractivity contribution >= 4 is 17.5 Å². The molecule has 2 aromatic rings. The van der Waals surface area contributed by atoms with Gasteiger partial charge in [0.2, 0.25) is 0 Å². The van der Waals surface area contributed by atoms with Gasteiger partial charge in [-0.2, -0.15) is 0 Å². The lowest BCUT2D eigenvalue weighted by Gasteiger charge is -2.21. The third-order valence-corrected chi connectivity index (χ3v) is 4.03. The SMILES string of the molecule is CC[C@@H](Oc1ccccc1Cl)C(=O)N[C@H](C)COc1ccc(OC)cc1. The first-order valence-electron chi connectivity index (χ1n) is 8.52. The molecule has 0 aliphatic rings. The number of hydrogen-bond acceptors (Lipinski definition) is 4. The molecular weight excluding hydrogens is 354 g/mol. The summed E-state index contributed by atoms with van der Waals surface area (Å²) in [4.78, 5) is 12.4. The highest BCUT2D eigenvalue weighted by Gasteiger charge is 2.21. The Bertz CT molecular complexity index is 705. The summed E-state index contributed by atoms with van der Waals surface area (Å²) in [5.74, 6) is 1.78. The molecule has 1 N–H and O–H groups in total. The van der Waals surface area contributed by atoms with Gasteiger partial charge in [-0.15, -0.1) is 0 Å². The van der Waals surface area contributed by atoms with E-state index >= 15 is 0 Å². The van der Waals surface area contributed by atoms with Crippen LogP contribution in [0.1, 0.15) is 20.3 Å². The van der Waals surface area contributed by atoms with Gasteiger partial charge in [0.15, 0.2) is 6.10 Å². The first kappa shape index (κ1) is 19.9. The van der Waals surface area contributed by atoms with Gasteiger partial charge in [-0.3, -0.25) is 4.79 Å². The number of rotatable bonds is 9. The van der Waals surface area contributed by atoms with E-state index < -0.39 is 6.10 Å². The van der Waals surface area contributed by atoms with E-state index in [1.165, 1.54) is 0 Å². The van der Waals surface area contributed by atoms with Crippen LogP contribution in [0.5, 0.6) is 17.2 Å². The minimum absolute atomic E-state index is 0.173. The summed E-state index contributed by atoms with van der Waals surface area (Å²) in [6.45, 7) is 4.11. The lowest BCUT2D eigenvalue weighted by molar-refractivity contribution is -0.128. The molecule has 0 spiro atoms. The maximum absolute atomic E-state index is 12.4. The predicted molar refractivity (Wildman–Crippen MR) is 102 cm³/mol. The smallest absolute Gasteiger partial charge is 0.261 e. The summed E-state index contributed by atoms with van der Waals surface area (Å²) in [5, 5.41) is 3.39. The minimum atomic E-state index is -0.613. The molecule has 0 bridgehead atoms. The monoisotopic (exact) mass is 377 g/mol. The topological polar surface area (TPSA) is 56.8 Å². The van der Waals surface area contributed by atoms with Crippen LogP contribution < -0.4 is 19.5 Å². The van der Waals surface area contributed by atoms with Gasteiger partial charge >= 0.3 is 0 Å². The van der Waals surface area contributed by atoms with E-state index in [0.29, 0.717) is 29.5 Å². The summed E-state index contributed by atoms with van der Waals surface area (Å²) >= 11 is 6.09. The Morgan fingerprint density at radius 2 is 1.77 bits per heavy atom. The largest absolute Gasteiger partial charge is 0.497 e. The van der Waals surface area contributed by atoms with Crippen LogP contribution in [0.15, 0.2) is 48.5 Å². The predicted octanol–water partition coefficient (Wildman–Crippen LogP) is 4.09. The van der Waals surface area contributed by atoms with Crippen LogP contribution in [0.25, 0.3) is 0 Å². The molecule has 0 fully saturated rings. The zero-order valence-electron chi connectivity index (χ0n) is 15.2. The molecule has 2 atom stereocenters. The first-order chi connectivity index (χ1) is 12.5. The van der Waals surface area contributed by atoms with E-state index in [2.05, 4.69) is 5.32 Å². The molecule has 0 aromatic heterocycles. The molecular formula is C20H24ClNO4. The maximum Gasteiger partial charge on any atom is 0.261 e. The number of ether oxygens (including phenoxy) is 3. The fourth-order valence-corrected chi connectivity index (χ4v) is 2.47. The molecule has 26 heavy (non-hydrogen) atoms. The lowest BCUT2D eigenvalue weighted by atomic mass is 10.2. The van der Waals surface area contributed by atoms with E-state index in [1.54, 1.807) is 19.2 Å². The second-order valence-corrected chi connectivity index (χ2v) is 6.25. The van der Waals surface area contributed by atoms with Crippen LogP contribution in [0.4, 0.5) is 0 Å². The Hall–Kier alpha value is -2.40. The molecule has 6 heteroatoms. The van der Waals surface area contributed by atoms with Gasteiger partial charge in [0, 0.05) is 0 Å². The summed E-state index contributed by atoms with van der Waals surface area (Å²) in [5.41, 5.74) is 0. The second-order valence-electron chi connectivity index (χ2n) is 5.84. The number of halogens is 1. The highest BCUT2D eigenvalue weighted by Crippen LogP contribution is 2.25. The molecule has 140 valence electrons. The summed E-state index contributed by atoms with van der Waals surface area (Å²) in [7, 11) is 1.61. The molecule has 0 unspecified atom stereocenters. The summed E-state index contributed by atoms with van der Waals surface area (Å²) < 4.78 is 16.5. The number of hydrogen-bond donors (Lipinski definition) is 1. The van der Waals surface area contributed by atoms with Gasteiger partial charge in [0.25, 0.3) is 5.91 Å². The van der Waals surface area contributed by atoms with Crippen molar-refractivity contribution in [1.82, 2.24) is 5.32 Å². The molecule has 1 amide bonds. The zero-order chi connectivity index (χ0) is 18.9. The third-order valence-electron chi connectivity index (χ3n) is 3.72. The van der Waals surface area contributed by atoms with Crippen molar-refractivity contribution in [2.75, 3.05) is 13.7 Å². The van der Waals surface area contributed by atoms with E-state index in [4.69, 9.17) is 25.8 Å². The quantitative estimate of drug-likeness (QED) is 0.715. The standard InChI is InChI=1S/C20H24ClNO4/c1-4-18(26-19-8-6-5-7-17(19)21)20(23)22-14(2)13-25-16-11-9-15(24-3)10-12-16/h5-12,14,18H,4,13H2,1-3H3,(H,22,23)/t14-,18-/m1/s1. The molecule has 0 saturated carbocycles. The number of carbonyl (C=O) groups is 1. The van der Waals surface area contributed by atoms with Crippen molar-refractivity contribution in [2.24, 2.45) is 0 Å². The summed E-state index contributed by atoms with van der Waals surface area (Å²) in [6, 6.07) is 14.2. The third kappa shape index (κ3) is 5.85. The maximum atomic E-state index is 12.4. The highest BCUT2D eigenvalue weighted by molar-refractivity contribution is 6.32. The van der Waals surface area contributed by atoms with E-state index in [-0.39, 0.29) is 11.9 Å². The van der Waals surface area contributed by atoms with Gasteiger partial charge < -0.3 is 19.5 Å². The number of benzene rings is 2. The van der Waals surface area contributed by atoms with Gasteiger partial charge in [0.1, 0.15) is 23.9 Å². The van der Waals surface area contributed by atoms with E-state index in [9.17, 15) is 4.79 Å². The van der Waals surface area contributed by atoms with Crippen LogP contribution in [0, 0.1) is 0 Å². The fourth-order valence-electron chi connectivity index (χ4n) is 2.29. The lowest BCUT2D eigenvalue weighted by Crippen LogP contribution is -2.44.